The van der Waals surface area contributed by atoms with E-state index < -0.39 is 6.10 Å². The molecule has 1 aromatic rings. The topological polar surface area (TPSA) is 40.5 Å². The number of halogens is 1. The smallest absolute Gasteiger partial charge is 0.225 e. The second kappa shape index (κ2) is 4.61. The van der Waals surface area contributed by atoms with Crippen LogP contribution in [0.25, 0.3) is 0 Å². The maximum atomic E-state index is 13.3. The molecule has 1 N–H and O–H groups in total. The van der Waals surface area contributed by atoms with Crippen molar-refractivity contribution >= 4 is 5.91 Å². The van der Waals surface area contributed by atoms with Gasteiger partial charge in [-0.1, -0.05) is 18.2 Å². The van der Waals surface area contributed by atoms with E-state index in [-0.39, 0.29) is 18.1 Å². The van der Waals surface area contributed by atoms with Gasteiger partial charge in [0.25, 0.3) is 0 Å². The fourth-order valence-corrected chi connectivity index (χ4v) is 1.92. The average molecular weight is 223 g/mol. The summed E-state index contributed by atoms with van der Waals surface area (Å²) in [6.45, 7) is 0.837. The summed E-state index contributed by atoms with van der Waals surface area (Å²) in [5.41, 5.74) is 0.608. The zero-order valence-electron chi connectivity index (χ0n) is 8.90. The number of β-amino-alcohol motifs (C(OH)–C–C–N with tert-alkyl or cyclic N) is 1. The number of carbonyl (C=O) groups excluding carboxylic acids is 1. The van der Waals surface area contributed by atoms with Crippen molar-refractivity contribution in [2.75, 3.05) is 13.1 Å². The summed E-state index contributed by atoms with van der Waals surface area (Å²) in [5.74, 6) is -0.293. The Kier molecular flexibility index (Phi) is 3.19. The molecule has 1 heterocycles. The summed E-state index contributed by atoms with van der Waals surface area (Å²) in [6.07, 6.45) is 0.121. The SMILES string of the molecule is O=C1CC(O)CN1CCc1ccccc1F. The summed E-state index contributed by atoms with van der Waals surface area (Å²) in [5, 5.41) is 9.29. The molecule has 1 aliphatic heterocycles. The lowest BCUT2D eigenvalue weighted by Crippen LogP contribution is -2.28. The lowest BCUT2D eigenvalue weighted by atomic mass is 10.1. The van der Waals surface area contributed by atoms with E-state index in [0.717, 1.165) is 0 Å². The predicted octanol–water partition coefficient (Wildman–Crippen LogP) is 0.961. The predicted molar refractivity (Wildman–Crippen MR) is 57.3 cm³/mol. The van der Waals surface area contributed by atoms with Gasteiger partial charge in [0.2, 0.25) is 5.91 Å². The number of benzene rings is 1. The van der Waals surface area contributed by atoms with Gasteiger partial charge in [0.15, 0.2) is 0 Å². The second-order valence-corrected chi connectivity index (χ2v) is 4.04. The number of aliphatic hydroxyl groups is 1. The van der Waals surface area contributed by atoms with Crippen molar-refractivity contribution in [1.82, 2.24) is 4.90 Å². The Morgan fingerprint density at radius 1 is 1.44 bits per heavy atom. The normalized spacial score (nSPS) is 20.5. The molecule has 0 spiro atoms. The fraction of sp³-hybridized carbons (Fsp3) is 0.417. The number of carbonyl (C=O) groups is 1. The number of likely N-dealkylation sites (tertiary alicyclic amines) is 1. The Balaban J connectivity index is 1.93. The third-order valence-electron chi connectivity index (χ3n) is 2.80. The molecule has 0 aliphatic carbocycles. The van der Waals surface area contributed by atoms with Crippen LogP contribution in [-0.2, 0) is 11.2 Å². The standard InChI is InChI=1S/C12H14FNO2/c13-11-4-2-1-3-9(11)5-6-14-8-10(15)7-12(14)16/h1-4,10,15H,5-8H2. The molecule has 4 heteroatoms. The maximum absolute atomic E-state index is 13.3. The van der Waals surface area contributed by atoms with Gasteiger partial charge in [0.1, 0.15) is 5.82 Å². The lowest BCUT2D eigenvalue weighted by Gasteiger charge is -2.15. The number of aliphatic hydroxyl groups excluding tert-OH is 1. The fourth-order valence-electron chi connectivity index (χ4n) is 1.92. The Hall–Kier alpha value is -1.42. The van der Waals surface area contributed by atoms with Gasteiger partial charge in [-0.3, -0.25) is 4.79 Å². The third kappa shape index (κ3) is 2.39. The van der Waals surface area contributed by atoms with Crippen LogP contribution in [0.15, 0.2) is 24.3 Å². The molecular weight excluding hydrogens is 209 g/mol. The molecular formula is C12H14FNO2. The number of rotatable bonds is 3. The maximum Gasteiger partial charge on any atom is 0.225 e. The highest BCUT2D eigenvalue weighted by Crippen LogP contribution is 2.13. The number of hydrogen-bond acceptors (Lipinski definition) is 2. The first-order valence-electron chi connectivity index (χ1n) is 5.36. The van der Waals surface area contributed by atoms with E-state index in [1.165, 1.54) is 6.07 Å². The zero-order valence-corrected chi connectivity index (χ0v) is 8.90. The Morgan fingerprint density at radius 2 is 2.19 bits per heavy atom. The summed E-state index contributed by atoms with van der Waals surface area (Å²) in [7, 11) is 0. The van der Waals surface area contributed by atoms with Crippen molar-refractivity contribution in [2.45, 2.75) is 18.9 Å². The summed E-state index contributed by atoms with van der Waals surface area (Å²) >= 11 is 0. The van der Waals surface area contributed by atoms with Crippen molar-refractivity contribution in [2.24, 2.45) is 0 Å². The van der Waals surface area contributed by atoms with Gasteiger partial charge in [0, 0.05) is 13.1 Å². The van der Waals surface area contributed by atoms with Crippen LogP contribution in [0.5, 0.6) is 0 Å². The molecule has 0 aromatic heterocycles. The Morgan fingerprint density at radius 3 is 2.81 bits per heavy atom. The molecule has 1 aromatic carbocycles. The van der Waals surface area contributed by atoms with Crippen LogP contribution in [-0.4, -0.2) is 35.1 Å². The van der Waals surface area contributed by atoms with Gasteiger partial charge < -0.3 is 10.0 Å². The van der Waals surface area contributed by atoms with Gasteiger partial charge in [-0.2, -0.15) is 0 Å². The molecule has 16 heavy (non-hydrogen) atoms. The van der Waals surface area contributed by atoms with Crippen LogP contribution in [0, 0.1) is 5.82 Å². The van der Waals surface area contributed by atoms with E-state index in [0.29, 0.717) is 25.1 Å². The molecule has 1 amide bonds. The van der Waals surface area contributed by atoms with Gasteiger partial charge in [0.05, 0.1) is 12.5 Å². The average Bonchev–Trinajstić information content (AvgIpc) is 2.56. The molecule has 0 radical (unpaired) electrons. The zero-order chi connectivity index (χ0) is 11.5. The van der Waals surface area contributed by atoms with E-state index in [9.17, 15) is 14.3 Å². The minimum Gasteiger partial charge on any atom is -0.391 e. The molecule has 3 nitrogen and oxygen atoms in total. The molecule has 86 valence electrons. The highest BCUT2D eigenvalue weighted by Gasteiger charge is 2.27. The molecule has 0 bridgehead atoms. The minimum absolute atomic E-state index is 0.0520. The first-order chi connectivity index (χ1) is 7.66. The van der Waals surface area contributed by atoms with Gasteiger partial charge >= 0.3 is 0 Å². The third-order valence-corrected chi connectivity index (χ3v) is 2.80. The second-order valence-electron chi connectivity index (χ2n) is 4.04. The Labute approximate surface area is 93.5 Å². The van der Waals surface area contributed by atoms with Crippen molar-refractivity contribution in [3.8, 4) is 0 Å². The lowest BCUT2D eigenvalue weighted by molar-refractivity contribution is -0.127. The van der Waals surface area contributed by atoms with Crippen LogP contribution < -0.4 is 0 Å². The van der Waals surface area contributed by atoms with Gasteiger partial charge in [-0.05, 0) is 18.1 Å². The molecule has 1 aliphatic rings. The van der Waals surface area contributed by atoms with Crippen molar-refractivity contribution in [3.05, 3.63) is 35.6 Å². The monoisotopic (exact) mass is 223 g/mol. The van der Waals surface area contributed by atoms with Crippen molar-refractivity contribution in [3.63, 3.8) is 0 Å². The minimum atomic E-state index is -0.562. The molecule has 1 saturated heterocycles. The van der Waals surface area contributed by atoms with E-state index in [1.54, 1.807) is 23.1 Å². The highest BCUT2D eigenvalue weighted by molar-refractivity contribution is 5.79. The molecule has 2 rings (SSSR count). The van der Waals surface area contributed by atoms with Crippen LogP contribution in [0.2, 0.25) is 0 Å². The molecule has 0 saturated carbocycles. The van der Waals surface area contributed by atoms with Crippen molar-refractivity contribution < 1.29 is 14.3 Å². The van der Waals surface area contributed by atoms with Gasteiger partial charge in [-0.15, -0.1) is 0 Å². The van der Waals surface area contributed by atoms with Crippen LogP contribution in [0.1, 0.15) is 12.0 Å². The van der Waals surface area contributed by atoms with Crippen LogP contribution in [0.4, 0.5) is 4.39 Å². The van der Waals surface area contributed by atoms with Crippen molar-refractivity contribution in [1.29, 1.82) is 0 Å². The summed E-state index contributed by atoms with van der Waals surface area (Å²) < 4.78 is 13.3. The van der Waals surface area contributed by atoms with Gasteiger partial charge in [-0.25, -0.2) is 4.39 Å². The van der Waals surface area contributed by atoms with E-state index in [1.807, 2.05) is 0 Å². The van der Waals surface area contributed by atoms with E-state index >= 15 is 0 Å². The molecule has 1 unspecified atom stereocenters. The first-order valence-corrected chi connectivity index (χ1v) is 5.36. The van der Waals surface area contributed by atoms with E-state index in [2.05, 4.69) is 0 Å². The molecule has 1 atom stereocenters. The largest absolute Gasteiger partial charge is 0.391 e. The van der Waals surface area contributed by atoms with Crippen LogP contribution in [0.3, 0.4) is 0 Å². The molecule has 1 fully saturated rings. The summed E-state index contributed by atoms with van der Waals surface area (Å²) in [6, 6.07) is 6.55. The Bertz CT molecular complexity index is 394. The number of hydrogen-bond donors (Lipinski definition) is 1. The summed E-state index contributed by atoms with van der Waals surface area (Å²) in [4.78, 5) is 12.9. The van der Waals surface area contributed by atoms with E-state index in [4.69, 9.17) is 0 Å². The number of nitrogens with zero attached hydrogens (tertiary/aromatic N) is 1. The quantitative estimate of drug-likeness (QED) is 0.829. The number of amides is 1. The highest BCUT2D eigenvalue weighted by atomic mass is 19.1. The first kappa shape index (κ1) is 11.1. The van der Waals surface area contributed by atoms with Crippen LogP contribution >= 0.6 is 0 Å².